The Morgan fingerprint density at radius 1 is 1.43 bits per heavy atom. The van der Waals surface area contributed by atoms with Gasteiger partial charge in [-0.2, -0.15) is 4.80 Å². The van der Waals surface area contributed by atoms with Crippen LogP contribution < -0.4 is 9.47 Å². The topological polar surface area (TPSA) is 105 Å². The van der Waals surface area contributed by atoms with E-state index in [1.165, 1.54) is 18.0 Å². The maximum absolute atomic E-state index is 11.1. The van der Waals surface area contributed by atoms with E-state index in [1.807, 2.05) is 0 Å². The molecule has 112 valence electrons. The van der Waals surface area contributed by atoms with Crippen LogP contribution in [0.2, 0.25) is 0 Å². The van der Waals surface area contributed by atoms with Gasteiger partial charge in [0.05, 0.1) is 25.1 Å². The summed E-state index contributed by atoms with van der Waals surface area (Å²) in [5.74, 6) is 1.02. The summed E-state index contributed by atoms with van der Waals surface area (Å²) >= 11 is 3.21. The molecule has 0 saturated carbocycles. The summed E-state index contributed by atoms with van der Waals surface area (Å²) in [5.41, 5.74) is 0.455. The van der Waals surface area contributed by atoms with Crippen molar-refractivity contribution < 1.29 is 14.4 Å². The molecule has 0 radical (unpaired) electrons. The summed E-state index contributed by atoms with van der Waals surface area (Å²) in [6.07, 6.45) is 0. The standard InChI is InChI=1S/C11H12BrN5O4/c1-16-14-11(13-15-16)6-21-10-4-8(17(18)19)7(5-12)3-9(10)20-2/h3-4H,5-6H2,1-2H3. The zero-order valence-corrected chi connectivity index (χ0v) is 12.9. The number of alkyl halides is 1. The maximum atomic E-state index is 11.1. The summed E-state index contributed by atoms with van der Waals surface area (Å²) in [6.45, 7) is 0.0367. The number of ether oxygens (including phenoxy) is 2. The lowest BCUT2D eigenvalue weighted by molar-refractivity contribution is -0.385. The summed E-state index contributed by atoms with van der Waals surface area (Å²) in [6, 6.07) is 2.89. The highest BCUT2D eigenvalue weighted by atomic mass is 79.9. The first-order chi connectivity index (χ1) is 10.0. The zero-order chi connectivity index (χ0) is 15.4. The number of nitro groups is 1. The van der Waals surface area contributed by atoms with Gasteiger partial charge < -0.3 is 9.47 Å². The molecule has 0 aliphatic rings. The molecule has 0 aliphatic carbocycles. The van der Waals surface area contributed by atoms with Crippen LogP contribution in [0.25, 0.3) is 0 Å². The lowest BCUT2D eigenvalue weighted by Crippen LogP contribution is -2.02. The SMILES string of the molecule is COc1cc(CBr)c([N+](=O)[O-])cc1OCc1nnn(C)n1. The fourth-order valence-corrected chi connectivity index (χ4v) is 2.11. The van der Waals surface area contributed by atoms with Crippen LogP contribution in [-0.2, 0) is 19.0 Å². The number of methoxy groups -OCH3 is 1. The molecule has 0 aliphatic heterocycles. The third-order valence-corrected chi connectivity index (χ3v) is 3.22. The van der Waals surface area contributed by atoms with Gasteiger partial charge in [-0.3, -0.25) is 10.1 Å². The Labute approximate surface area is 128 Å². The van der Waals surface area contributed by atoms with Crippen molar-refractivity contribution in [2.75, 3.05) is 7.11 Å². The third-order valence-electron chi connectivity index (χ3n) is 2.61. The molecule has 1 aromatic heterocycles. The molecule has 0 N–H and O–H groups in total. The fourth-order valence-electron chi connectivity index (χ4n) is 1.66. The minimum Gasteiger partial charge on any atom is -0.493 e. The van der Waals surface area contributed by atoms with Crippen LogP contribution in [0.5, 0.6) is 11.5 Å². The van der Waals surface area contributed by atoms with E-state index >= 15 is 0 Å². The number of hydrogen-bond acceptors (Lipinski definition) is 7. The van der Waals surface area contributed by atoms with Gasteiger partial charge in [0.1, 0.15) is 0 Å². The molecule has 0 spiro atoms. The van der Waals surface area contributed by atoms with Gasteiger partial charge in [-0.15, -0.1) is 10.2 Å². The van der Waals surface area contributed by atoms with E-state index in [4.69, 9.17) is 9.47 Å². The molecule has 9 nitrogen and oxygen atoms in total. The molecule has 0 bridgehead atoms. The van der Waals surface area contributed by atoms with Crippen molar-refractivity contribution in [3.8, 4) is 11.5 Å². The van der Waals surface area contributed by atoms with Crippen molar-refractivity contribution >= 4 is 21.6 Å². The predicted octanol–water partition coefficient (Wildman–Crippen LogP) is 1.60. The van der Waals surface area contributed by atoms with Gasteiger partial charge in [-0.25, -0.2) is 0 Å². The second kappa shape index (κ2) is 6.48. The summed E-state index contributed by atoms with van der Waals surface area (Å²) < 4.78 is 10.7. The van der Waals surface area contributed by atoms with Crippen LogP contribution in [0.1, 0.15) is 11.4 Å². The Morgan fingerprint density at radius 3 is 2.71 bits per heavy atom. The van der Waals surface area contributed by atoms with Gasteiger partial charge in [-0.05, 0) is 11.3 Å². The number of rotatable bonds is 6. The van der Waals surface area contributed by atoms with Crippen molar-refractivity contribution in [3.63, 3.8) is 0 Å². The van der Waals surface area contributed by atoms with Gasteiger partial charge in [0.25, 0.3) is 5.69 Å². The van der Waals surface area contributed by atoms with E-state index in [-0.39, 0.29) is 18.0 Å². The average molecular weight is 358 g/mol. The molecule has 0 saturated heterocycles. The second-order valence-electron chi connectivity index (χ2n) is 4.01. The molecule has 1 heterocycles. The zero-order valence-electron chi connectivity index (χ0n) is 11.3. The Balaban J connectivity index is 2.28. The van der Waals surface area contributed by atoms with Gasteiger partial charge in [0, 0.05) is 10.9 Å². The van der Waals surface area contributed by atoms with Crippen molar-refractivity contribution in [1.82, 2.24) is 20.2 Å². The van der Waals surface area contributed by atoms with Crippen molar-refractivity contribution in [1.29, 1.82) is 0 Å². The lowest BCUT2D eigenvalue weighted by Gasteiger charge is -2.11. The number of nitrogens with zero attached hydrogens (tertiary/aromatic N) is 5. The number of benzene rings is 1. The molecule has 1 aromatic carbocycles. The minimum atomic E-state index is -0.469. The Morgan fingerprint density at radius 2 is 2.19 bits per heavy atom. The number of aromatic nitrogens is 4. The second-order valence-corrected chi connectivity index (χ2v) is 4.57. The van der Waals surface area contributed by atoms with Gasteiger partial charge in [0.2, 0.25) is 5.82 Å². The smallest absolute Gasteiger partial charge is 0.277 e. The minimum absolute atomic E-state index is 0.0367. The average Bonchev–Trinajstić information content (AvgIpc) is 2.89. The Hall–Kier alpha value is -2.23. The monoisotopic (exact) mass is 357 g/mol. The normalized spacial score (nSPS) is 10.4. The van der Waals surface area contributed by atoms with E-state index in [1.54, 1.807) is 13.1 Å². The highest BCUT2D eigenvalue weighted by Gasteiger charge is 2.19. The van der Waals surface area contributed by atoms with Crippen molar-refractivity contribution in [2.24, 2.45) is 7.05 Å². The highest BCUT2D eigenvalue weighted by molar-refractivity contribution is 9.08. The third kappa shape index (κ3) is 3.45. The van der Waals surface area contributed by atoms with E-state index in [0.29, 0.717) is 22.5 Å². The quantitative estimate of drug-likeness (QED) is 0.439. The van der Waals surface area contributed by atoms with Crippen LogP contribution in [-0.4, -0.2) is 32.2 Å². The van der Waals surface area contributed by atoms with E-state index in [2.05, 4.69) is 31.3 Å². The highest BCUT2D eigenvalue weighted by Crippen LogP contribution is 2.35. The van der Waals surface area contributed by atoms with E-state index in [0.717, 1.165) is 0 Å². The van der Waals surface area contributed by atoms with Crippen molar-refractivity contribution in [2.45, 2.75) is 11.9 Å². The van der Waals surface area contributed by atoms with Crippen LogP contribution in [0, 0.1) is 10.1 Å². The van der Waals surface area contributed by atoms with Gasteiger partial charge >= 0.3 is 0 Å². The molecule has 2 rings (SSSR count). The number of hydrogen-bond donors (Lipinski definition) is 0. The molecule has 2 aromatic rings. The summed E-state index contributed by atoms with van der Waals surface area (Å²) in [7, 11) is 3.10. The van der Waals surface area contributed by atoms with E-state index in [9.17, 15) is 10.1 Å². The van der Waals surface area contributed by atoms with Crippen LogP contribution >= 0.6 is 15.9 Å². The van der Waals surface area contributed by atoms with E-state index < -0.39 is 4.92 Å². The number of halogens is 1. The molecule has 10 heteroatoms. The molecule has 21 heavy (non-hydrogen) atoms. The predicted molar refractivity (Wildman–Crippen MR) is 75.4 cm³/mol. The molecule has 0 atom stereocenters. The lowest BCUT2D eigenvalue weighted by atomic mass is 10.2. The van der Waals surface area contributed by atoms with Crippen LogP contribution in [0.3, 0.4) is 0 Å². The summed E-state index contributed by atoms with van der Waals surface area (Å²) in [4.78, 5) is 11.9. The van der Waals surface area contributed by atoms with Crippen molar-refractivity contribution in [3.05, 3.63) is 33.6 Å². The first kappa shape index (κ1) is 15.2. The molecular weight excluding hydrogens is 346 g/mol. The summed E-state index contributed by atoms with van der Waals surface area (Å²) in [5, 5.41) is 22.8. The van der Waals surface area contributed by atoms with Crippen LogP contribution in [0.15, 0.2) is 12.1 Å². The Kier molecular flexibility index (Phi) is 4.68. The Bertz CT molecular complexity index is 660. The fraction of sp³-hybridized carbons (Fsp3) is 0.364. The maximum Gasteiger partial charge on any atom is 0.277 e. The number of nitro benzene ring substituents is 1. The van der Waals surface area contributed by atoms with Gasteiger partial charge in [-0.1, -0.05) is 15.9 Å². The van der Waals surface area contributed by atoms with Crippen LogP contribution in [0.4, 0.5) is 5.69 Å². The first-order valence-electron chi connectivity index (χ1n) is 5.82. The molecule has 0 fully saturated rings. The number of tetrazole rings is 1. The molecular formula is C11H12BrN5O4. The molecule has 0 unspecified atom stereocenters. The largest absolute Gasteiger partial charge is 0.493 e. The number of aryl methyl sites for hydroxylation is 1. The first-order valence-corrected chi connectivity index (χ1v) is 6.94. The molecule has 0 amide bonds. The van der Waals surface area contributed by atoms with Gasteiger partial charge in [0.15, 0.2) is 18.1 Å².